The highest BCUT2D eigenvalue weighted by Crippen LogP contribution is 2.92. The maximum atomic E-state index is 13.0. The fraction of sp³-hybridized carbons (Fsp3) is 0.565. The van der Waals surface area contributed by atoms with Gasteiger partial charge in [0.1, 0.15) is 5.82 Å². The normalized spacial score (nSPS) is 28.9. The third kappa shape index (κ3) is 6.11. The van der Waals surface area contributed by atoms with Gasteiger partial charge in [-0.25, -0.2) is 14.8 Å². The molecule has 4 fully saturated rings. The number of fused-ring (bicyclic) bond motifs is 4. The Morgan fingerprint density at radius 3 is 2.61 bits per heavy atom. The Balaban J connectivity index is 0.880. The fourth-order valence-corrected chi connectivity index (χ4v) is 14.8. The number of nitrogens with zero attached hydrogens (tertiary/aromatic N) is 7. The van der Waals surface area contributed by atoms with Gasteiger partial charge in [-0.1, -0.05) is 37.3 Å². The van der Waals surface area contributed by atoms with Crippen molar-refractivity contribution >= 4 is 50.1 Å². The summed E-state index contributed by atoms with van der Waals surface area (Å²) in [5, 5.41) is 41.8. The van der Waals surface area contributed by atoms with Crippen molar-refractivity contribution in [3.05, 3.63) is 65.1 Å². The quantitative estimate of drug-likeness (QED) is 0.0749. The molecule has 0 amide bonds. The molecule has 1 aliphatic heterocycles. The molecule has 5 aromatic rings. The summed E-state index contributed by atoms with van der Waals surface area (Å²) in [5.41, 5.74) is 7.25. The molecule has 5 unspecified atom stereocenters. The van der Waals surface area contributed by atoms with Crippen LogP contribution in [0.2, 0.25) is 0 Å². The maximum Gasteiger partial charge on any atom is 0.355 e. The van der Waals surface area contributed by atoms with Crippen molar-refractivity contribution in [1.29, 1.82) is 0 Å². The zero-order chi connectivity index (χ0) is 40.8. The van der Waals surface area contributed by atoms with Crippen LogP contribution in [0.25, 0.3) is 21.3 Å². The van der Waals surface area contributed by atoms with Crippen molar-refractivity contribution in [1.82, 2.24) is 35.3 Å². The van der Waals surface area contributed by atoms with E-state index < -0.39 is 5.97 Å². The van der Waals surface area contributed by atoms with E-state index in [1.165, 1.54) is 51.4 Å². The number of nitrogens with one attached hydrogen (secondary N) is 2. The van der Waals surface area contributed by atoms with Crippen molar-refractivity contribution in [2.24, 2.45) is 27.1 Å². The fourth-order valence-electron chi connectivity index (χ4n) is 14.0. The average molecular weight is 816 g/mol. The number of aliphatic hydroxyl groups is 1. The molecule has 5 atom stereocenters. The zero-order valence-electron chi connectivity index (χ0n) is 34.9. The van der Waals surface area contributed by atoms with E-state index in [9.17, 15) is 9.90 Å². The van der Waals surface area contributed by atoms with Gasteiger partial charge < -0.3 is 25.7 Å². The Hall–Kier alpha value is -4.46. The molecule has 10 rings (SSSR count). The first-order valence-corrected chi connectivity index (χ1v) is 22.6. The van der Waals surface area contributed by atoms with Crippen molar-refractivity contribution in [2.45, 2.75) is 111 Å². The van der Waals surface area contributed by atoms with Gasteiger partial charge >= 0.3 is 5.97 Å². The SMILES string of the molecule is Cc1c(Nc2nc3ccccc3s2)nnc2c1CCCN2c1ccc(-c2cnn(CC34CC5(C)CC6(CCCNCCCCO)CC(C)(C3)C6(C5)C4)c2C)c(C(=O)O)n1. The predicted octanol–water partition coefficient (Wildman–Crippen LogP) is 9.00. The predicted molar refractivity (Wildman–Crippen MR) is 232 cm³/mol. The number of anilines is 4. The Labute approximate surface area is 350 Å². The summed E-state index contributed by atoms with van der Waals surface area (Å²) in [4.78, 5) is 24.5. The number of pyridine rings is 1. The van der Waals surface area contributed by atoms with Crippen LogP contribution in [0.3, 0.4) is 0 Å². The van der Waals surface area contributed by atoms with Crippen LogP contribution in [-0.2, 0) is 13.0 Å². The molecule has 0 radical (unpaired) electrons. The lowest BCUT2D eigenvalue weighted by Crippen LogP contribution is -2.58. The van der Waals surface area contributed by atoms with Gasteiger partial charge in [0, 0.05) is 47.6 Å². The van der Waals surface area contributed by atoms with Crippen molar-refractivity contribution in [3.8, 4) is 11.1 Å². The highest BCUT2D eigenvalue weighted by Gasteiger charge is 2.83. The van der Waals surface area contributed by atoms with E-state index in [1.807, 2.05) is 41.4 Å². The molecule has 1 spiro atoms. The van der Waals surface area contributed by atoms with Crippen LogP contribution >= 0.6 is 11.3 Å². The van der Waals surface area contributed by atoms with Gasteiger partial charge in [0.2, 0.25) is 0 Å². The highest BCUT2D eigenvalue weighted by atomic mass is 32.1. The summed E-state index contributed by atoms with van der Waals surface area (Å²) in [6.45, 7) is 13.2. The van der Waals surface area contributed by atoms with Crippen LogP contribution in [0.1, 0.15) is 112 Å². The number of rotatable bonds is 15. The van der Waals surface area contributed by atoms with Crippen LogP contribution in [0.5, 0.6) is 0 Å². The van der Waals surface area contributed by atoms with Crippen LogP contribution < -0.4 is 15.5 Å². The standard InChI is InChI=1S/C46H57N9O3S/c1-29-31-11-9-19-54(39(31)53-52-38(29)51-41-49-34-12-5-6-13-35(34)59-41)36-15-14-32(37(50-36)40(57)58)33-21-48-55(30(33)2)28-44-22-42(3)23-45(16-10-18-47-17-7-8-20-56)26-43(4,25-44)46(45,24-42)27-44/h5-6,12-15,21,47,56H,7-11,16-20,22-28H2,1-4H3,(H,57,58)(H,49,51,52). The van der Waals surface area contributed by atoms with Crippen molar-refractivity contribution in [2.75, 3.05) is 36.5 Å². The molecule has 12 nitrogen and oxygen atoms in total. The number of carboxylic acid groups (broad SMARTS) is 1. The minimum atomic E-state index is -1.06. The number of para-hydroxylation sites is 1. The van der Waals surface area contributed by atoms with E-state index in [0.717, 1.165) is 83.1 Å². The third-order valence-electron chi connectivity index (χ3n) is 15.6. The van der Waals surface area contributed by atoms with Gasteiger partial charge in [0.05, 0.1) is 16.4 Å². The third-order valence-corrected chi connectivity index (χ3v) is 16.5. The second-order valence-corrected chi connectivity index (χ2v) is 20.6. The minimum Gasteiger partial charge on any atom is -0.476 e. The molecule has 4 N–H and O–H groups in total. The van der Waals surface area contributed by atoms with Crippen molar-refractivity contribution in [3.63, 3.8) is 0 Å². The first-order valence-electron chi connectivity index (χ1n) is 21.7. The Bertz CT molecular complexity index is 2430. The number of hydrogen-bond donors (Lipinski definition) is 4. The Morgan fingerprint density at radius 2 is 1.78 bits per heavy atom. The highest BCUT2D eigenvalue weighted by molar-refractivity contribution is 7.22. The first-order chi connectivity index (χ1) is 28.4. The van der Waals surface area contributed by atoms with Gasteiger partial charge in [0.25, 0.3) is 0 Å². The lowest BCUT2D eigenvalue weighted by atomic mass is 9.38. The molecule has 4 aromatic heterocycles. The number of aliphatic hydroxyl groups excluding tert-OH is 1. The van der Waals surface area contributed by atoms with Crippen LogP contribution in [0, 0.1) is 40.9 Å². The number of hydrogen-bond acceptors (Lipinski definition) is 11. The molecular formula is C46H57N9O3S. The Morgan fingerprint density at radius 1 is 0.932 bits per heavy atom. The molecule has 13 heteroatoms. The van der Waals surface area contributed by atoms with Gasteiger partial charge in [-0.15, -0.1) is 10.2 Å². The molecule has 3 bridgehead atoms. The number of carboxylic acids is 1. The zero-order valence-corrected chi connectivity index (χ0v) is 35.7. The molecule has 1 aromatic carbocycles. The van der Waals surface area contributed by atoms with E-state index in [1.54, 1.807) is 11.3 Å². The van der Waals surface area contributed by atoms with E-state index >= 15 is 0 Å². The monoisotopic (exact) mass is 815 g/mol. The number of unbranched alkanes of at least 4 members (excludes halogenated alkanes) is 1. The lowest BCUT2D eigenvalue weighted by Gasteiger charge is -2.66. The molecule has 4 saturated carbocycles. The summed E-state index contributed by atoms with van der Waals surface area (Å²) in [6.07, 6.45) is 15.9. The number of thiazole rings is 1. The number of carbonyl (C=O) groups is 1. The van der Waals surface area contributed by atoms with Crippen LogP contribution in [0.4, 0.5) is 22.6 Å². The maximum absolute atomic E-state index is 13.0. The molecule has 0 saturated heterocycles. The first kappa shape index (κ1) is 38.7. The Kier molecular flexibility index (Phi) is 9.23. The molecular weight excluding hydrogens is 759 g/mol. The summed E-state index contributed by atoms with van der Waals surface area (Å²) in [7, 11) is 0. The molecule has 59 heavy (non-hydrogen) atoms. The van der Waals surface area contributed by atoms with Crippen LogP contribution in [0.15, 0.2) is 42.6 Å². The topological polar surface area (TPSA) is 154 Å². The lowest BCUT2D eigenvalue weighted by molar-refractivity contribution is -0.173. The average Bonchev–Trinajstić information content (AvgIpc) is 3.86. The molecule has 4 aliphatic carbocycles. The van der Waals surface area contributed by atoms with E-state index in [4.69, 9.17) is 20.2 Å². The van der Waals surface area contributed by atoms with Gasteiger partial charge in [-0.3, -0.25) is 4.68 Å². The summed E-state index contributed by atoms with van der Waals surface area (Å²) >= 11 is 1.58. The van der Waals surface area contributed by atoms with Crippen LogP contribution in [-0.4, -0.2) is 72.4 Å². The van der Waals surface area contributed by atoms with E-state index in [-0.39, 0.29) is 17.7 Å². The molecule has 5 aliphatic rings. The van der Waals surface area contributed by atoms with Gasteiger partial charge in [-0.05, 0) is 155 Å². The second kappa shape index (κ2) is 14.1. The summed E-state index contributed by atoms with van der Waals surface area (Å²) < 4.78 is 3.29. The second-order valence-electron chi connectivity index (χ2n) is 19.6. The van der Waals surface area contributed by atoms with E-state index in [2.05, 4.69) is 59.3 Å². The summed E-state index contributed by atoms with van der Waals surface area (Å²) in [6, 6.07) is 11.9. The molecule has 310 valence electrons. The summed E-state index contributed by atoms with van der Waals surface area (Å²) in [5.74, 6) is 0.884. The van der Waals surface area contributed by atoms with E-state index in [0.29, 0.717) is 51.2 Å². The number of aromatic carboxylic acids is 1. The van der Waals surface area contributed by atoms with Crippen molar-refractivity contribution < 1.29 is 15.0 Å². The van der Waals surface area contributed by atoms with Gasteiger partial charge in [-0.2, -0.15) is 5.10 Å². The molecule has 5 heterocycles. The number of aromatic nitrogens is 6. The number of benzene rings is 1. The largest absolute Gasteiger partial charge is 0.476 e. The van der Waals surface area contributed by atoms with Gasteiger partial charge in [0.15, 0.2) is 22.5 Å². The smallest absolute Gasteiger partial charge is 0.355 e. The minimum absolute atomic E-state index is 0.0236.